The minimum absolute atomic E-state index is 0.336. The second kappa shape index (κ2) is 4.87. The van der Waals surface area contributed by atoms with Gasteiger partial charge in [-0.2, -0.15) is 5.26 Å². The Bertz CT molecular complexity index is 542. The fourth-order valence-corrected chi connectivity index (χ4v) is 3.82. The fraction of sp³-hybridized carbons (Fsp3) is 0.588. The highest BCUT2D eigenvalue weighted by atomic mass is 16.5. The van der Waals surface area contributed by atoms with Gasteiger partial charge in [-0.25, -0.2) is 0 Å². The SMILES string of the molecule is CC1CCC(O)(C2(C#N)CCCOC2)c2ccccc21. The molecule has 1 saturated heterocycles. The Balaban J connectivity index is 2.12. The molecule has 1 heterocycles. The summed E-state index contributed by atoms with van der Waals surface area (Å²) in [6, 6.07) is 10.4. The molecule has 1 N–H and O–H groups in total. The minimum atomic E-state index is -1.08. The maximum atomic E-state index is 11.4. The molecule has 20 heavy (non-hydrogen) atoms. The molecular formula is C17H21NO2. The molecule has 3 rings (SSSR count). The van der Waals surface area contributed by atoms with Crippen molar-refractivity contribution >= 4 is 0 Å². The second-order valence-corrected chi connectivity index (χ2v) is 6.24. The number of fused-ring (bicyclic) bond motifs is 1. The molecule has 106 valence electrons. The van der Waals surface area contributed by atoms with Crippen LogP contribution in [0, 0.1) is 16.7 Å². The van der Waals surface area contributed by atoms with Gasteiger partial charge in [-0.15, -0.1) is 0 Å². The molecule has 0 saturated carbocycles. The molecule has 1 aliphatic heterocycles. The molecule has 3 unspecified atom stereocenters. The summed E-state index contributed by atoms with van der Waals surface area (Å²) < 4.78 is 5.55. The Hall–Kier alpha value is -1.37. The number of hydrogen-bond acceptors (Lipinski definition) is 3. The Morgan fingerprint density at radius 3 is 2.85 bits per heavy atom. The van der Waals surface area contributed by atoms with Crippen LogP contribution in [0.3, 0.4) is 0 Å². The van der Waals surface area contributed by atoms with Crippen LogP contribution in [0.15, 0.2) is 24.3 Å². The van der Waals surface area contributed by atoms with Gasteiger partial charge >= 0.3 is 0 Å². The summed E-state index contributed by atoms with van der Waals surface area (Å²) in [6.07, 6.45) is 3.11. The molecule has 0 spiro atoms. The van der Waals surface area contributed by atoms with Crippen molar-refractivity contribution < 1.29 is 9.84 Å². The minimum Gasteiger partial charge on any atom is -0.383 e. The first-order valence-corrected chi connectivity index (χ1v) is 7.44. The lowest BCUT2D eigenvalue weighted by Gasteiger charge is -2.48. The molecule has 2 aliphatic rings. The first-order valence-electron chi connectivity index (χ1n) is 7.44. The van der Waals surface area contributed by atoms with E-state index in [-0.39, 0.29) is 0 Å². The predicted octanol–water partition coefficient (Wildman–Crippen LogP) is 3.09. The van der Waals surface area contributed by atoms with Crippen LogP contribution in [0.2, 0.25) is 0 Å². The third-order valence-corrected chi connectivity index (χ3v) is 5.12. The van der Waals surface area contributed by atoms with Crippen LogP contribution in [0.5, 0.6) is 0 Å². The predicted molar refractivity (Wildman–Crippen MR) is 76.1 cm³/mol. The smallest absolute Gasteiger partial charge is 0.113 e. The highest BCUT2D eigenvalue weighted by Crippen LogP contribution is 2.53. The highest BCUT2D eigenvalue weighted by molar-refractivity contribution is 5.40. The molecule has 0 aromatic heterocycles. The monoisotopic (exact) mass is 271 g/mol. The fourth-order valence-electron chi connectivity index (χ4n) is 3.82. The Morgan fingerprint density at radius 2 is 2.15 bits per heavy atom. The van der Waals surface area contributed by atoms with E-state index < -0.39 is 11.0 Å². The quantitative estimate of drug-likeness (QED) is 0.854. The van der Waals surface area contributed by atoms with Crippen LogP contribution in [0.25, 0.3) is 0 Å². The number of benzene rings is 1. The molecule has 0 amide bonds. The zero-order valence-electron chi connectivity index (χ0n) is 11.9. The summed E-state index contributed by atoms with van der Waals surface area (Å²) in [4.78, 5) is 0. The van der Waals surface area contributed by atoms with E-state index in [2.05, 4.69) is 19.1 Å². The molecule has 3 nitrogen and oxygen atoms in total. The van der Waals surface area contributed by atoms with Crippen molar-refractivity contribution in [3.05, 3.63) is 35.4 Å². The van der Waals surface area contributed by atoms with Crippen molar-refractivity contribution in [1.82, 2.24) is 0 Å². The maximum absolute atomic E-state index is 11.4. The molecule has 1 fully saturated rings. The average Bonchev–Trinajstić information content (AvgIpc) is 2.52. The van der Waals surface area contributed by atoms with Crippen LogP contribution in [0.4, 0.5) is 0 Å². The van der Waals surface area contributed by atoms with Crippen molar-refractivity contribution in [2.75, 3.05) is 13.2 Å². The Kier molecular flexibility index (Phi) is 3.32. The van der Waals surface area contributed by atoms with Crippen LogP contribution < -0.4 is 0 Å². The summed E-state index contributed by atoms with van der Waals surface area (Å²) in [5.74, 6) is 0.437. The van der Waals surface area contributed by atoms with E-state index in [1.165, 1.54) is 5.56 Å². The van der Waals surface area contributed by atoms with Crippen LogP contribution in [0.1, 0.15) is 49.7 Å². The van der Waals surface area contributed by atoms with Gasteiger partial charge in [0, 0.05) is 6.61 Å². The highest BCUT2D eigenvalue weighted by Gasteiger charge is 2.55. The normalized spacial score (nSPS) is 37.0. The summed E-state index contributed by atoms with van der Waals surface area (Å²) >= 11 is 0. The summed E-state index contributed by atoms with van der Waals surface area (Å²) in [7, 11) is 0. The first-order chi connectivity index (χ1) is 9.63. The first kappa shape index (κ1) is 13.6. The van der Waals surface area contributed by atoms with Gasteiger partial charge in [0.25, 0.3) is 0 Å². The number of nitrogens with zero attached hydrogens (tertiary/aromatic N) is 1. The summed E-state index contributed by atoms with van der Waals surface area (Å²) in [6.45, 7) is 3.22. The van der Waals surface area contributed by atoms with Crippen molar-refractivity contribution in [2.24, 2.45) is 5.41 Å². The number of ether oxygens (including phenoxy) is 1. The molecule has 1 aromatic carbocycles. The topological polar surface area (TPSA) is 53.2 Å². The van der Waals surface area contributed by atoms with Gasteiger partial charge < -0.3 is 9.84 Å². The van der Waals surface area contributed by atoms with Crippen molar-refractivity contribution in [2.45, 2.75) is 44.1 Å². The molecule has 1 aromatic rings. The average molecular weight is 271 g/mol. The van der Waals surface area contributed by atoms with Gasteiger partial charge in [0.05, 0.1) is 12.7 Å². The number of hydrogen-bond donors (Lipinski definition) is 1. The lowest BCUT2D eigenvalue weighted by atomic mass is 9.60. The third kappa shape index (κ3) is 1.79. The molecule has 3 atom stereocenters. The molecule has 3 heteroatoms. The number of aliphatic hydroxyl groups is 1. The largest absolute Gasteiger partial charge is 0.383 e. The van der Waals surface area contributed by atoms with Gasteiger partial charge in [-0.05, 0) is 42.7 Å². The van der Waals surface area contributed by atoms with Crippen molar-refractivity contribution in [3.8, 4) is 6.07 Å². The van der Waals surface area contributed by atoms with E-state index in [0.29, 0.717) is 32.0 Å². The standard InChI is InChI=1S/C17H21NO2/c1-13-7-9-17(19,15-6-3-2-5-14(13)15)16(11-18)8-4-10-20-12-16/h2-3,5-6,13,19H,4,7-10,12H2,1H3. The van der Waals surface area contributed by atoms with Gasteiger partial charge in [-0.3, -0.25) is 0 Å². The van der Waals surface area contributed by atoms with Crippen LogP contribution in [-0.4, -0.2) is 18.3 Å². The molecular weight excluding hydrogens is 250 g/mol. The van der Waals surface area contributed by atoms with Gasteiger partial charge in [0.15, 0.2) is 0 Å². The zero-order chi connectivity index (χ0) is 14.2. The van der Waals surface area contributed by atoms with E-state index in [1.807, 2.05) is 18.2 Å². The molecule has 0 radical (unpaired) electrons. The van der Waals surface area contributed by atoms with Crippen molar-refractivity contribution in [1.29, 1.82) is 5.26 Å². The zero-order valence-corrected chi connectivity index (χ0v) is 11.9. The van der Waals surface area contributed by atoms with Gasteiger partial charge in [-0.1, -0.05) is 31.2 Å². The second-order valence-electron chi connectivity index (χ2n) is 6.24. The van der Waals surface area contributed by atoms with E-state index in [0.717, 1.165) is 18.4 Å². The lowest BCUT2D eigenvalue weighted by molar-refractivity contribution is -0.133. The van der Waals surface area contributed by atoms with Crippen molar-refractivity contribution in [3.63, 3.8) is 0 Å². The van der Waals surface area contributed by atoms with Crippen LogP contribution in [-0.2, 0) is 10.3 Å². The van der Waals surface area contributed by atoms with Crippen LogP contribution >= 0.6 is 0 Å². The third-order valence-electron chi connectivity index (χ3n) is 5.12. The molecule has 0 bridgehead atoms. The summed E-state index contributed by atoms with van der Waals surface area (Å²) in [5.41, 5.74) is 0.236. The maximum Gasteiger partial charge on any atom is 0.113 e. The summed E-state index contributed by atoms with van der Waals surface area (Å²) in [5, 5.41) is 21.2. The lowest BCUT2D eigenvalue weighted by Crippen LogP contribution is -2.51. The van der Waals surface area contributed by atoms with E-state index in [4.69, 9.17) is 4.74 Å². The molecule has 1 aliphatic carbocycles. The Labute approximate surface area is 120 Å². The van der Waals surface area contributed by atoms with E-state index in [9.17, 15) is 10.4 Å². The number of nitriles is 1. The van der Waals surface area contributed by atoms with Gasteiger partial charge in [0.2, 0.25) is 0 Å². The van der Waals surface area contributed by atoms with Gasteiger partial charge in [0.1, 0.15) is 11.0 Å². The van der Waals surface area contributed by atoms with E-state index >= 15 is 0 Å². The number of rotatable bonds is 1. The Morgan fingerprint density at radius 1 is 1.35 bits per heavy atom. The van der Waals surface area contributed by atoms with E-state index in [1.54, 1.807) is 0 Å².